The fourth-order valence-corrected chi connectivity index (χ4v) is 1.74. The topological polar surface area (TPSA) is 102 Å². The standard InChI is InChI=1S/C8H13NO3.C6H10O.C3H5IO2S/c1-3-5-12-8(11)7(4-2)9-6-10;1-3-4-5-6(2)7;4-7-2-1-6-3-5/h3,6-7H,1,4-5H2,2H3,(H,9,10);3-7H,1H2,2H3;3H,1-2H2/b;5-4+;. The van der Waals surface area contributed by atoms with E-state index in [4.69, 9.17) is 9.84 Å². The molecule has 0 aromatic carbocycles. The SMILES string of the molecule is C=C/C=C/C(C)O.C=CCOC(=O)C(CC)NC=O.O=COCCSI. The minimum Gasteiger partial charge on any atom is -0.467 e. The summed E-state index contributed by atoms with van der Waals surface area (Å²) in [6.45, 7) is 11.5. The van der Waals surface area contributed by atoms with Crippen LogP contribution in [0.1, 0.15) is 20.3 Å². The molecule has 0 bridgehead atoms. The molecule has 0 saturated heterocycles. The molecule has 9 heteroatoms. The molecule has 2 atom stereocenters. The maximum absolute atomic E-state index is 11.0. The number of esters is 1. The van der Waals surface area contributed by atoms with Gasteiger partial charge in [-0.1, -0.05) is 53.3 Å². The van der Waals surface area contributed by atoms with E-state index in [9.17, 15) is 14.4 Å². The Kier molecular flexibility index (Phi) is 29.3. The molecule has 0 heterocycles. The fourth-order valence-electron chi connectivity index (χ4n) is 1.04. The summed E-state index contributed by atoms with van der Waals surface area (Å²) in [4.78, 5) is 30.5. The molecule has 0 aromatic heterocycles. The van der Waals surface area contributed by atoms with Crippen molar-refractivity contribution in [2.24, 2.45) is 0 Å². The zero-order valence-corrected chi connectivity index (χ0v) is 18.1. The van der Waals surface area contributed by atoms with Crippen LogP contribution in [-0.2, 0) is 23.9 Å². The Hall–Kier alpha value is -1.33. The highest BCUT2D eigenvalue weighted by Crippen LogP contribution is 2.08. The van der Waals surface area contributed by atoms with Gasteiger partial charge in [-0.3, -0.25) is 9.59 Å². The zero-order valence-electron chi connectivity index (χ0n) is 15.1. The maximum atomic E-state index is 11.0. The van der Waals surface area contributed by atoms with E-state index in [0.29, 0.717) is 25.9 Å². The van der Waals surface area contributed by atoms with Crippen LogP contribution in [-0.4, -0.2) is 55.1 Å². The number of carbonyl (C=O) groups excluding carboxylic acids is 3. The molecule has 1 amide bonds. The predicted octanol–water partition coefficient (Wildman–Crippen LogP) is 2.59. The Morgan fingerprint density at radius 1 is 1.38 bits per heavy atom. The van der Waals surface area contributed by atoms with E-state index in [0.717, 1.165) is 5.75 Å². The quantitative estimate of drug-likeness (QED) is 0.106. The fraction of sp³-hybridized carbons (Fsp3) is 0.471. The van der Waals surface area contributed by atoms with Gasteiger partial charge in [0, 0.05) is 5.75 Å². The van der Waals surface area contributed by atoms with Crippen LogP contribution in [0.4, 0.5) is 0 Å². The highest BCUT2D eigenvalue weighted by Gasteiger charge is 2.15. The summed E-state index contributed by atoms with van der Waals surface area (Å²) >= 11 is 2.15. The van der Waals surface area contributed by atoms with Gasteiger partial charge in [0.1, 0.15) is 19.3 Å². The molecule has 2 unspecified atom stereocenters. The monoisotopic (exact) mass is 501 g/mol. The van der Waals surface area contributed by atoms with E-state index >= 15 is 0 Å². The van der Waals surface area contributed by atoms with E-state index in [-0.39, 0.29) is 12.7 Å². The Balaban J connectivity index is -0.000000326. The van der Waals surface area contributed by atoms with Gasteiger partial charge in [0.25, 0.3) is 6.47 Å². The van der Waals surface area contributed by atoms with Crippen molar-refractivity contribution in [2.75, 3.05) is 19.0 Å². The summed E-state index contributed by atoms with van der Waals surface area (Å²) in [5.41, 5.74) is 0. The van der Waals surface area contributed by atoms with E-state index in [1.54, 1.807) is 41.0 Å². The Morgan fingerprint density at radius 2 is 2.04 bits per heavy atom. The first-order chi connectivity index (χ1) is 12.4. The molecule has 0 aliphatic carbocycles. The van der Waals surface area contributed by atoms with Crippen LogP contribution in [0.5, 0.6) is 0 Å². The van der Waals surface area contributed by atoms with Gasteiger partial charge in [0.05, 0.1) is 6.10 Å². The van der Waals surface area contributed by atoms with Crippen molar-refractivity contribution >= 4 is 49.0 Å². The molecule has 0 rings (SSSR count). The lowest BCUT2D eigenvalue weighted by atomic mass is 10.2. The Bertz CT molecular complexity index is 405. The number of hydrogen-bond acceptors (Lipinski definition) is 7. The summed E-state index contributed by atoms with van der Waals surface area (Å²) in [5.74, 6) is 0.448. The number of rotatable bonds is 12. The lowest BCUT2D eigenvalue weighted by molar-refractivity contribution is -0.145. The van der Waals surface area contributed by atoms with Gasteiger partial charge >= 0.3 is 5.97 Å². The number of halogens is 1. The lowest BCUT2D eigenvalue weighted by Gasteiger charge is -2.11. The molecule has 26 heavy (non-hydrogen) atoms. The summed E-state index contributed by atoms with van der Waals surface area (Å²) in [6.07, 6.45) is 7.14. The van der Waals surface area contributed by atoms with Crippen LogP contribution in [0, 0.1) is 0 Å². The molecule has 0 aliphatic heterocycles. The highest BCUT2D eigenvalue weighted by atomic mass is 127. The predicted molar refractivity (Wildman–Crippen MR) is 114 cm³/mol. The molecule has 0 aliphatic rings. The van der Waals surface area contributed by atoms with Crippen molar-refractivity contribution < 1.29 is 29.0 Å². The molecule has 150 valence electrons. The van der Waals surface area contributed by atoms with Crippen molar-refractivity contribution in [2.45, 2.75) is 32.4 Å². The van der Waals surface area contributed by atoms with Crippen LogP contribution in [0.2, 0.25) is 0 Å². The van der Waals surface area contributed by atoms with Crippen molar-refractivity contribution in [1.29, 1.82) is 0 Å². The van der Waals surface area contributed by atoms with Crippen LogP contribution in [0.25, 0.3) is 0 Å². The molecule has 0 aromatic rings. The third-order valence-electron chi connectivity index (χ3n) is 2.18. The number of hydrogen-bond donors (Lipinski definition) is 2. The average Bonchev–Trinajstić information content (AvgIpc) is 2.64. The lowest BCUT2D eigenvalue weighted by Crippen LogP contribution is -2.36. The molecular formula is C17H28INO6S. The van der Waals surface area contributed by atoms with Gasteiger partial charge in [-0.2, -0.15) is 0 Å². The Morgan fingerprint density at radius 3 is 2.38 bits per heavy atom. The molecular weight excluding hydrogens is 473 g/mol. The van der Waals surface area contributed by atoms with Gasteiger partial charge in [-0.05, 0) is 34.6 Å². The van der Waals surface area contributed by atoms with E-state index in [1.165, 1.54) is 6.08 Å². The number of ether oxygens (including phenoxy) is 2. The molecule has 0 radical (unpaired) electrons. The number of carbonyl (C=O) groups is 3. The van der Waals surface area contributed by atoms with Crippen molar-refractivity contribution in [3.05, 3.63) is 37.5 Å². The van der Waals surface area contributed by atoms with E-state index in [2.05, 4.69) is 44.4 Å². The van der Waals surface area contributed by atoms with E-state index in [1.807, 2.05) is 0 Å². The summed E-state index contributed by atoms with van der Waals surface area (Å²) in [5, 5.41) is 10.9. The van der Waals surface area contributed by atoms with Gasteiger partial charge in [-0.25, -0.2) is 4.79 Å². The van der Waals surface area contributed by atoms with Gasteiger partial charge in [0.2, 0.25) is 6.41 Å². The third kappa shape index (κ3) is 27.5. The van der Waals surface area contributed by atoms with Crippen molar-refractivity contribution in [3.63, 3.8) is 0 Å². The minimum atomic E-state index is -0.539. The Labute approximate surface area is 171 Å². The molecule has 0 saturated carbocycles. The second-order valence-electron chi connectivity index (χ2n) is 4.31. The first-order valence-corrected chi connectivity index (χ1v) is 11.2. The van der Waals surface area contributed by atoms with Gasteiger partial charge < -0.3 is 19.9 Å². The van der Waals surface area contributed by atoms with Crippen LogP contribution < -0.4 is 5.32 Å². The second-order valence-corrected chi connectivity index (χ2v) is 6.80. The van der Waals surface area contributed by atoms with Crippen LogP contribution in [0.15, 0.2) is 37.5 Å². The largest absolute Gasteiger partial charge is 0.467 e. The minimum absolute atomic E-state index is 0.176. The normalized spacial score (nSPS) is 11.4. The first-order valence-electron chi connectivity index (χ1n) is 7.68. The van der Waals surface area contributed by atoms with E-state index < -0.39 is 12.0 Å². The zero-order chi connectivity index (χ0) is 20.6. The van der Waals surface area contributed by atoms with Gasteiger partial charge in [-0.15, -0.1) is 0 Å². The summed E-state index contributed by atoms with van der Waals surface area (Å²) < 4.78 is 9.09. The smallest absolute Gasteiger partial charge is 0.328 e. The van der Waals surface area contributed by atoms with Crippen molar-refractivity contribution in [3.8, 4) is 0 Å². The van der Waals surface area contributed by atoms with Gasteiger partial charge in [0.15, 0.2) is 0 Å². The highest BCUT2D eigenvalue weighted by molar-refractivity contribution is 14.2. The molecule has 0 spiro atoms. The number of allylic oxidation sites excluding steroid dienone is 2. The maximum Gasteiger partial charge on any atom is 0.328 e. The number of amides is 1. The number of aliphatic hydroxyl groups excluding tert-OH is 1. The third-order valence-corrected chi connectivity index (χ3v) is 3.82. The average molecular weight is 501 g/mol. The number of aliphatic hydroxyl groups is 1. The van der Waals surface area contributed by atoms with Crippen LogP contribution >= 0.6 is 30.1 Å². The first kappa shape index (κ1) is 29.4. The van der Waals surface area contributed by atoms with Crippen molar-refractivity contribution in [1.82, 2.24) is 5.32 Å². The molecule has 2 N–H and O–H groups in total. The number of nitrogens with one attached hydrogen (secondary N) is 1. The molecule has 7 nitrogen and oxygen atoms in total. The summed E-state index contributed by atoms with van der Waals surface area (Å²) in [7, 11) is 1.63. The van der Waals surface area contributed by atoms with Crippen LogP contribution in [0.3, 0.4) is 0 Å². The molecule has 0 fully saturated rings. The summed E-state index contributed by atoms with van der Waals surface area (Å²) in [6, 6.07) is -0.539. The second kappa shape index (κ2) is 25.9.